The maximum absolute atomic E-state index is 12.7. The zero-order valence-corrected chi connectivity index (χ0v) is 15.1. The molecular formula is C19H29ClN2O. The van der Waals surface area contributed by atoms with E-state index in [0.717, 1.165) is 32.0 Å². The molecule has 128 valence electrons. The van der Waals surface area contributed by atoms with Crippen LogP contribution in [0.4, 0.5) is 0 Å². The van der Waals surface area contributed by atoms with Gasteiger partial charge in [0.15, 0.2) is 0 Å². The number of hydrogen-bond donors (Lipinski definition) is 1. The standard InChI is InChI=1S/C19H28N2O.ClH/c1-14-5-3-4-6-16(14)17-13-18(17)19(22)21-11-8-15(9-12-21)7-10-20-2;/h3-6,15,17-18,20H,7-13H2,1-2H3;1H. The molecule has 3 nitrogen and oxygen atoms in total. The molecule has 1 aromatic carbocycles. The number of aryl methyl sites for hydroxylation is 1. The van der Waals surface area contributed by atoms with Crippen LogP contribution in [0.1, 0.15) is 42.7 Å². The highest BCUT2D eigenvalue weighted by Gasteiger charge is 2.46. The fourth-order valence-corrected chi connectivity index (χ4v) is 3.84. The zero-order valence-electron chi connectivity index (χ0n) is 14.3. The molecule has 3 rings (SSSR count). The first kappa shape index (κ1) is 18.3. The average molecular weight is 337 g/mol. The van der Waals surface area contributed by atoms with Gasteiger partial charge in [0.1, 0.15) is 0 Å². The summed E-state index contributed by atoms with van der Waals surface area (Å²) in [4.78, 5) is 14.8. The molecule has 1 aliphatic heterocycles. The number of carbonyl (C=O) groups is 1. The molecule has 4 heteroatoms. The van der Waals surface area contributed by atoms with Crippen molar-refractivity contribution in [3.05, 3.63) is 35.4 Å². The van der Waals surface area contributed by atoms with Crippen LogP contribution in [0.5, 0.6) is 0 Å². The van der Waals surface area contributed by atoms with E-state index in [-0.39, 0.29) is 18.3 Å². The smallest absolute Gasteiger partial charge is 0.226 e. The van der Waals surface area contributed by atoms with Crippen molar-refractivity contribution in [2.45, 2.75) is 38.5 Å². The van der Waals surface area contributed by atoms with Crippen molar-refractivity contribution in [1.82, 2.24) is 10.2 Å². The molecule has 0 bridgehead atoms. The molecule has 1 aliphatic carbocycles. The van der Waals surface area contributed by atoms with Gasteiger partial charge in [0.05, 0.1) is 0 Å². The molecule has 1 heterocycles. The van der Waals surface area contributed by atoms with E-state index >= 15 is 0 Å². The van der Waals surface area contributed by atoms with Crippen LogP contribution in [0.25, 0.3) is 0 Å². The summed E-state index contributed by atoms with van der Waals surface area (Å²) in [5, 5.41) is 3.23. The minimum Gasteiger partial charge on any atom is -0.342 e. The quantitative estimate of drug-likeness (QED) is 0.894. The van der Waals surface area contributed by atoms with Gasteiger partial charge in [-0.3, -0.25) is 4.79 Å². The molecule has 1 saturated heterocycles. The number of nitrogens with one attached hydrogen (secondary N) is 1. The minimum absolute atomic E-state index is 0. The summed E-state index contributed by atoms with van der Waals surface area (Å²) < 4.78 is 0. The molecule has 0 aromatic heterocycles. The number of benzene rings is 1. The third-order valence-electron chi connectivity index (χ3n) is 5.42. The first-order valence-corrected chi connectivity index (χ1v) is 8.69. The van der Waals surface area contributed by atoms with E-state index in [9.17, 15) is 4.79 Å². The summed E-state index contributed by atoms with van der Waals surface area (Å²) >= 11 is 0. The highest BCUT2D eigenvalue weighted by molar-refractivity contribution is 5.85. The zero-order chi connectivity index (χ0) is 15.5. The monoisotopic (exact) mass is 336 g/mol. The van der Waals surface area contributed by atoms with E-state index in [1.165, 1.54) is 30.4 Å². The van der Waals surface area contributed by atoms with Gasteiger partial charge >= 0.3 is 0 Å². The lowest BCUT2D eigenvalue weighted by atomic mass is 9.93. The van der Waals surface area contributed by atoms with Gasteiger partial charge in [-0.25, -0.2) is 0 Å². The van der Waals surface area contributed by atoms with Crippen LogP contribution in [0.3, 0.4) is 0 Å². The number of amides is 1. The van der Waals surface area contributed by atoms with Crippen LogP contribution >= 0.6 is 12.4 Å². The predicted molar refractivity (Wildman–Crippen MR) is 97.1 cm³/mol. The van der Waals surface area contributed by atoms with E-state index in [0.29, 0.717) is 11.8 Å². The van der Waals surface area contributed by atoms with Crippen molar-refractivity contribution < 1.29 is 4.79 Å². The average Bonchev–Trinajstić information content (AvgIpc) is 3.33. The van der Waals surface area contributed by atoms with Crippen molar-refractivity contribution in [3.63, 3.8) is 0 Å². The first-order chi connectivity index (χ1) is 10.7. The maximum atomic E-state index is 12.7. The summed E-state index contributed by atoms with van der Waals surface area (Å²) in [6.07, 6.45) is 4.64. The van der Waals surface area contributed by atoms with Gasteiger partial charge in [-0.05, 0) is 69.2 Å². The van der Waals surface area contributed by atoms with E-state index < -0.39 is 0 Å². The summed E-state index contributed by atoms with van der Waals surface area (Å²) in [7, 11) is 2.01. The van der Waals surface area contributed by atoms with Crippen molar-refractivity contribution in [1.29, 1.82) is 0 Å². The second-order valence-electron chi connectivity index (χ2n) is 6.97. The Morgan fingerprint density at radius 2 is 1.96 bits per heavy atom. The lowest BCUT2D eigenvalue weighted by Gasteiger charge is -2.32. The lowest BCUT2D eigenvalue weighted by Crippen LogP contribution is -2.40. The van der Waals surface area contributed by atoms with Crippen molar-refractivity contribution in [3.8, 4) is 0 Å². The molecule has 0 spiro atoms. The number of halogens is 1. The highest BCUT2D eigenvalue weighted by Crippen LogP contribution is 2.49. The van der Waals surface area contributed by atoms with Crippen LogP contribution in [0.15, 0.2) is 24.3 Å². The Kier molecular flexibility index (Phi) is 6.49. The molecule has 0 radical (unpaired) electrons. The number of carbonyl (C=O) groups excluding carboxylic acids is 1. The topological polar surface area (TPSA) is 32.3 Å². The SMILES string of the molecule is CNCCC1CCN(C(=O)C2CC2c2ccccc2C)CC1.Cl. The maximum Gasteiger partial charge on any atom is 0.226 e. The van der Waals surface area contributed by atoms with Gasteiger partial charge in [-0.1, -0.05) is 24.3 Å². The molecule has 23 heavy (non-hydrogen) atoms. The van der Waals surface area contributed by atoms with E-state index in [1.54, 1.807) is 0 Å². The fraction of sp³-hybridized carbons (Fsp3) is 0.632. The van der Waals surface area contributed by atoms with Crippen LogP contribution in [-0.4, -0.2) is 37.5 Å². The molecule has 1 aromatic rings. The van der Waals surface area contributed by atoms with E-state index in [1.807, 2.05) is 7.05 Å². The molecular weight excluding hydrogens is 308 g/mol. The Morgan fingerprint density at radius 1 is 1.26 bits per heavy atom. The van der Waals surface area contributed by atoms with Crippen molar-refractivity contribution in [2.75, 3.05) is 26.7 Å². The van der Waals surface area contributed by atoms with Gasteiger partial charge in [0.2, 0.25) is 5.91 Å². The summed E-state index contributed by atoms with van der Waals surface area (Å²) in [5.41, 5.74) is 2.71. The van der Waals surface area contributed by atoms with Gasteiger partial charge < -0.3 is 10.2 Å². The number of hydrogen-bond acceptors (Lipinski definition) is 2. The molecule has 2 aliphatic rings. The molecule has 2 unspecified atom stereocenters. The van der Waals surface area contributed by atoms with Gasteiger partial charge in [-0.2, -0.15) is 0 Å². The van der Waals surface area contributed by atoms with E-state index in [2.05, 4.69) is 41.4 Å². The highest BCUT2D eigenvalue weighted by atomic mass is 35.5. The molecule has 1 saturated carbocycles. The largest absolute Gasteiger partial charge is 0.342 e. The normalized spacial score (nSPS) is 24.2. The number of piperidine rings is 1. The Balaban J connectivity index is 0.00000192. The Hall–Kier alpha value is -1.06. The Bertz CT molecular complexity index is 526. The molecule has 1 N–H and O–H groups in total. The second kappa shape index (κ2) is 8.16. The third kappa shape index (κ3) is 4.27. The Labute approximate surface area is 146 Å². The van der Waals surface area contributed by atoms with Crippen LogP contribution in [-0.2, 0) is 4.79 Å². The van der Waals surface area contributed by atoms with Crippen molar-refractivity contribution in [2.24, 2.45) is 11.8 Å². The summed E-state index contributed by atoms with van der Waals surface area (Å²) in [6.45, 7) is 5.17. The predicted octanol–water partition coefficient (Wildman–Crippen LogP) is 3.37. The van der Waals surface area contributed by atoms with E-state index in [4.69, 9.17) is 0 Å². The molecule has 2 fully saturated rings. The van der Waals surface area contributed by atoms with Gasteiger partial charge in [0, 0.05) is 19.0 Å². The van der Waals surface area contributed by atoms with Gasteiger partial charge in [-0.15, -0.1) is 12.4 Å². The first-order valence-electron chi connectivity index (χ1n) is 8.69. The molecule has 1 amide bonds. The van der Waals surface area contributed by atoms with Crippen LogP contribution < -0.4 is 5.32 Å². The lowest BCUT2D eigenvalue weighted by molar-refractivity contribution is -0.134. The van der Waals surface area contributed by atoms with Crippen LogP contribution in [0, 0.1) is 18.8 Å². The number of nitrogens with zero attached hydrogens (tertiary/aromatic N) is 1. The summed E-state index contributed by atoms with van der Waals surface area (Å²) in [5.74, 6) is 1.91. The second-order valence-corrected chi connectivity index (χ2v) is 6.97. The van der Waals surface area contributed by atoms with Gasteiger partial charge in [0.25, 0.3) is 0 Å². The number of rotatable bonds is 5. The Morgan fingerprint density at radius 3 is 2.61 bits per heavy atom. The fourth-order valence-electron chi connectivity index (χ4n) is 3.84. The third-order valence-corrected chi connectivity index (χ3v) is 5.42. The summed E-state index contributed by atoms with van der Waals surface area (Å²) in [6, 6.07) is 8.52. The van der Waals surface area contributed by atoms with Crippen LogP contribution in [0.2, 0.25) is 0 Å². The molecule has 2 atom stereocenters. The number of likely N-dealkylation sites (tertiary alicyclic amines) is 1. The van der Waals surface area contributed by atoms with Crippen molar-refractivity contribution >= 4 is 18.3 Å². The minimum atomic E-state index is 0.